The van der Waals surface area contributed by atoms with Gasteiger partial charge in [0.05, 0.1) is 5.52 Å². The van der Waals surface area contributed by atoms with E-state index in [-0.39, 0.29) is 12.4 Å². The first-order valence-corrected chi connectivity index (χ1v) is 10.1. The Morgan fingerprint density at radius 2 is 1.83 bits per heavy atom. The van der Waals surface area contributed by atoms with E-state index in [2.05, 4.69) is 24.0 Å². The highest BCUT2D eigenvalue weighted by molar-refractivity contribution is 5.96. The summed E-state index contributed by atoms with van der Waals surface area (Å²) >= 11 is 0. The summed E-state index contributed by atoms with van der Waals surface area (Å²) in [5.41, 5.74) is 3.87. The number of anilines is 1. The SMILES string of the molecule is CCCCCCc1ccc2nc(N(C)CC(=O)O)cc(-c3ccc(F)cc3)c2c1. The van der Waals surface area contributed by atoms with E-state index >= 15 is 0 Å². The number of hydrogen-bond donors (Lipinski definition) is 1. The van der Waals surface area contributed by atoms with Crippen LogP contribution >= 0.6 is 0 Å². The summed E-state index contributed by atoms with van der Waals surface area (Å²) in [4.78, 5) is 17.4. The Hall–Kier alpha value is -2.95. The summed E-state index contributed by atoms with van der Waals surface area (Å²) in [6, 6.07) is 14.5. The van der Waals surface area contributed by atoms with Crippen LogP contribution in [-0.4, -0.2) is 29.7 Å². The fraction of sp³-hybridized carbons (Fsp3) is 0.333. The maximum absolute atomic E-state index is 13.4. The molecule has 5 heteroatoms. The fourth-order valence-electron chi connectivity index (χ4n) is 3.52. The van der Waals surface area contributed by atoms with Gasteiger partial charge in [-0.2, -0.15) is 0 Å². The van der Waals surface area contributed by atoms with E-state index in [1.54, 1.807) is 24.1 Å². The second kappa shape index (κ2) is 9.50. The lowest BCUT2D eigenvalue weighted by Crippen LogP contribution is -2.26. The zero-order valence-electron chi connectivity index (χ0n) is 17.0. The van der Waals surface area contributed by atoms with E-state index in [1.807, 2.05) is 12.1 Å². The van der Waals surface area contributed by atoms with Crippen LogP contribution in [0.5, 0.6) is 0 Å². The van der Waals surface area contributed by atoms with Crippen molar-refractivity contribution in [3.05, 3.63) is 59.9 Å². The summed E-state index contributed by atoms with van der Waals surface area (Å²) in [5, 5.41) is 10.1. The number of likely N-dealkylation sites (N-methyl/N-ethyl adjacent to an activating group) is 1. The van der Waals surface area contributed by atoms with Crippen LogP contribution in [0.25, 0.3) is 22.0 Å². The first-order valence-electron chi connectivity index (χ1n) is 10.1. The molecule has 3 aromatic rings. The molecule has 0 fully saturated rings. The average molecular weight is 394 g/mol. The van der Waals surface area contributed by atoms with Gasteiger partial charge in [0.15, 0.2) is 0 Å². The Bertz CT molecular complexity index is 986. The van der Waals surface area contributed by atoms with Crippen LogP contribution in [0.3, 0.4) is 0 Å². The lowest BCUT2D eigenvalue weighted by molar-refractivity contribution is -0.135. The Morgan fingerprint density at radius 3 is 2.52 bits per heavy atom. The van der Waals surface area contributed by atoms with Gasteiger partial charge in [0.1, 0.15) is 18.2 Å². The molecule has 0 unspecified atom stereocenters. The van der Waals surface area contributed by atoms with Crippen LogP contribution in [0.1, 0.15) is 38.2 Å². The van der Waals surface area contributed by atoms with Crippen molar-refractivity contribution in [1.82, 2.24) is 4.98 Å². The number of aliphatic carboxylic acids is 1. The molecule has 3 rings (SSSR count). The van der Waals surface area contributed by atoms with Crippen molar-refractivity contribution in [2.45, 2.75) is 39.0 Å². The maximum atomic E-state index is 13.4. The number of carboxylic acid groups (broad SMARTS) is 1. The molecule has 152 valence electrons. The number of halogens is 1. The fourth-order valence-corrected chi connectivity index (χ4v) is 3.52. The zero-order chi connectivity index (χ0) is 20.8. The molecule has 0 spiro atoms. The molecule has 0 aliphatic carbocycles. The molecule has 0 radical (unpaired) electrons. The van der Waals surface area contributed by atoms with Gasteiger partial charge in [0.25, 0.3) is 0 Å². The molecule has 0 aliphatic rings. The number of rotatable bonds is 9. The zero-order valence-corrected chi connectivity index (χ0v) is 17.0. The van der Waals surface area contributed by atoms with E-state index in [4.69, 9.17) is 5.11 Å². The first kappa shape index (κ1) is 20.8. The second-order valence-corrected chi connectivity index (χ2v) is 7.45. The monoisotopic (exact) mass is 394 g/mol. The number of pyridine rings is 1. The molecule has 1 aromatic heterocycles. The van der Waals surface area contributed by atoms with Gasteiger partial charge >= 0.3 is 5.97 Å². The Labute approximate surface area is 171 Å². The third-order valence-corrected chi connectivity index (χ3v) is 5.10. The molecule has 0 bridgehead atoms. The van der Waals surface area contributed by atoms with Crippen LogP contribution in [0, 0.1) is 5.82 Å². The van der Waals surface area contributed by atoms with Crippen molar-refractivity contribution in [2.24, 2.45) is 0 Å². The normalized spacial score (nSPS) is 11.0. The van der Waals surface area contributed by atoms with Gasteiger partial charge in [0.2, 0.25) is 0 Å². The Balaban J connectivity index is 2.04. The van der Waals surface area contributed by atoms with Crippen molar-refractivity contribution < 1.29 is 14.3 Å². The molecule has 1 heterocycles. The molecule has 4 nitrogen and oxygen atoms in total. The number of fused-ring (bicyclic) bond motifs is 1. The predicted octanol–water partition coefficient (Wildman–Crippen LogP) is 5.68. The van der Waals surface area contributed by atoms with Gasteiger partial charge in [0, 0.05) is 12.4 Å². The summed E-state index contributed by atoms with van der Waals surface area (Å²) in [5.74, 6) is -0.623. The number of hydrogen-bond acceptors (Lipinski definition) is 3. The van der Waals surface area contributed by atoms with Crippen LogP contribution in [0.2, 0.25) is 0 Å². The van der Waals surface area contributed by atoms with E-state index in [1.165, 1.54) is 37.0 Å². The number of nitrogens with zero attached hydrogens (tertiary/aromatic N) is 2. The number of aromatic nitrogens is 1. The van der Waals surface area contributed by atoms with E-state index < -0.39 is 5.97 Å². The summed E-state index contributed by atoms with van der Waals surface area (Å²) in [7, 11) is 1.71. The standard InChI is InChI=1S/C24H27FN2O2/c1-3-4-5-6-7-17-8-13-22-21(14-17)20(18-9-11-19(25)12-10-18)15-23(26-22)27(2)16-24(28)29/h8-15H,3-7,16H2,1-2H3,(H,28,29). The Kier molecular flexibility index (Phi) is 6.81. The third-order valence-electron chi connectivity index (χ3n) is 5.10. The minimum absolute atomic E-state index is 0.142. The second-order valence-electron chi connectivity index (χ2n) is 7.45. The topological polar surface area (TPSA) is 53.4 Å². The van der Waals surface area contributed by atoms with Crippen molar-refractivity contribution in [1.29, 1.82) is 0 Å². The molecule has 1 N–H and O–H groups in total. The highest BCUT2D eigenvalue weighted by Gasteiger charge is 2.13. The molecule has 2 aromatic carbocycles. The van der Waals surface area contributed by atoms with Crippen LogP contribution in [0.15, 0.2) is 48.5 Å². The molecular weight excluding hydrogens is 367 g/mol. The van der Waals surface area contributed by atoms with Gasteiger partial charge in [-0.3, -0.25) is 4.79 Å². The smallest absolute Gasteiger partial charge is 0.323 e. The third kappa shape index (κ3) is 5.31. The minimum Gasteiger partial charge on any atom is -0.480 e. The first-order chi connectivity index (χ1) is 14.0. The van der Waals surface area contributed by atoms with E-state index in [9.17, 15) is 9.18 Å². The van der Waals surface area contributed by atoms with E-state index in [0.717, 1.165) is 34.9 Å². The van der Waals surface area contributed by atoms with Gasteiger partial charge in [-0.15, -0.1) is 0 Å². The average Bonchev–Trinajstić information content (AvgIpc) is 2.70. The highest BCUT2D eigenvalue weighted by atomic mass is 19.1. The van der Waals surface area contributed by atoms with Crippen LogP contribution < -0.4 is 4.90 Å². The van der Waals surface area contributed by atoms with Gasteiger partial charge in [-0.25, -0.2) is 9.37 Å². The number of aryl methyl sites for hydroxylation is 1. The molecule has 0 saturated carbocycles. The molecule has 29 heavy (non-hydrogen) atoms. The highest BCUT2D eigenvalue weighted by Crippen LogP contribution is 2.32. The van der Waals surface area contributed by atoms with Crippen molar-refractivity contribution >= 4 is 22.7 Å². The number of benzene rings is 2. The van der Waals surface area contributed by atoms with Gasteiger partial charge < -0.3 is 10.0 Å². The van der Waals surface area contributed by atoms with Crippen LogP contribution in [-0.2, 0) is 11.2 Å². The predicted molar refractivity (Wildman–Crippen MR) is 116 cm³/mol. The van der Waals surface area contributed by atoms with Gasteiger partial charge in [-0.1, -0.05) is 44.4 Å². The van der Waals surface area contributed by atoms with Crippen LogP contribution in [0.4, 0.5) is 10.2 Å². The number of unbranched alkanes of at least 4 members (excludes halogenated alkanes) is 3. The lowest BCUT2D eigenvalue weighted by atomic mass is 9.97. The molecular formula is C24H27FN2O2. The van der Waals surface area contributed by atoms with Crippen molar-refractivity contribution in [3.8, 4) is 11.1 Å². The summed E-state index contributed by atoms with van der Waals surface area (Å²) < 4.78 is 13.4. The molecule has 0 atom stereocenters. The quantitative estimate of drug-likeness (QED) is 0.474. The minimum atomic E-state index is -0.917. The molecule has 0 aliphatic heterocycles. The Morgan fingerprint density at radius 1 is 1.07 bits per heavy atom. The van der Waals surface area contributed by atoms with E-state index in [0.29, 0.717) is 5.82 Å². The van der Waals surface area contributed by atoms with Crippen molar-refractivity contribution in [3.63, 3.8) is 0 Å². The van der Waals surface area contributed by atoms with Crippen molar-refractivity contribution in [2.75, 3.05) is 18.5 Å². The largest absolute Gasteiger partial charge is 0.480 e. The number of carboxylic acids is 1. The maximum Gasteiger partial charge on any atom is 0.323 e. The van der Waals surface area contributed by atoms with Gasteiger partial charge in [-0.05, 0) is 59.9 Å². The summed E-state index contributed by atoms with van der Waals surface area (Å²) in [6.07, 6.45) is 5.84. The summed E-state index contributed by atoms with van der Waals surface area (Å²) in [6.45, 7) is 2.06. The number of carbonyl (C=O) groups is 1. The molecule has 0 saturated heterocycles. The molecule has 0 amide bonds. The lowest BCUT2D eigenvalue weighted by Gasteiger charge is -2.18.